The highest BCUT2D eigenvalue weighted by Crippen LogP contribution is 2.38. The number of phenols is 2. The SMILES string of the molecule is NNC(=O)CCCCCCCCCC(C(=O)NN)(C(=O)c1ccccc1O)C(=O)c1ccccc1O. The third-order valence-electron chi connectivity index (χ3n) is 6.21. The molecule has 0 unspecified atom stereocenters. The lowest BCUT2D eigenvalue weighted by Gasteiger charge is -2.29. The smallest absolute Gasteiger partial charge is 0.255 e. The van der Waals surface area contributed by atoms with Crippen molar-refractivity contribution < 1.29 is 29.4 Å². The van der Waals surface area contributed by atoms with Crippen LogP contribution in [0.4, 0.5) is 0 Å². The van der Waals surface area contributed by atoms with Crippen LogP contribution in [0.15, 0.2) is 48.5 Å². The molecule has 0 spiro atoms. The molecule has 2 aromatic rings. The summed E-state index contributed by atoms with van der Waals surface area (Å²) in [6.07, 6.45) is 5.35. The monoisotopic (exact) mass is 498 g/mol. The van der Waals surface area contributed by atoms with Crippen LogP contribution in [0.25, 0.3) is 0 Å². The van der Waals surface area contributed by atoms with E-state index in [2.05, 4.69) is 5.43 Å². The highest BCUT2D eigenvalue weighted by Gasteiger charge is 2.53. The Bertz CT molecular complexity index is 1010. The number of nitrogens with two attached hydrogens (primary N) is 2. The van der Waals surface area contributed by atoms with E-state index in [1.165, 1.54) is 48.5 Å². The number of hydrogen-bond donors (Lipinski definition) is 6. The first-order valence-corrected chi connectivity index (χ1v) is 12.0. The number of rotatable bonds is 15. The van der Waals surface area contributed by atoms with Crippen molar-refractivity contribution in [2.45, 2.75) is 57.8 Å². The first kappa shape index (κ1) is 28.5. The average Bonchev–Trinajstić information content (AvgIpc) is 2.89. The molecule has 2 amide bonds. The van der Waals surface area contributed by atoms with Crippen molar-refractivity contribution in [3.8, 4) is 11.5 Å². The topological polar surface area (TPSA) is 185 Å². The number of nitrogens with one attached hydrogen (secondary N) is 2. The molecule has 8 N–H and O–H groups in total. The Labute approximate surface area is 210 Å². The Hall–Kier alpha value is -3.76. The molecular formula is C26H34N4O6. The number of Topliss-reactive ketones (excluding diaryl/α,β-unsaturated/α-hetero) is 2. The summed E-state index contributed by atoms with van der Waals surface area (Å²) < 4.78 is 0. The Morgan fingerprint density at radius 2 is 1.11 bits per heavy atom. The van der Waals surface area contributed by atoms with Gasteiger partial charge < -0.3 is 10.2 Å². The van der Waals surface area contributed by atoms with Gasteiger partial charge in [-0.1, -0.05) is 62.8 Å². The van der Waals surface area contributed by atoms with Gasteiger partial charge in [0.15, 0.2) is 17.0 Å². The van der Waals surface area contributed by atoms with Crippen LogP contribution in [0.5, 0.6) is 11.5 Å². The van der Waals surface area contributed by atoms with Crippen molar-refractivity contribution in [1.82, 2.24) is 10.9 Å². The fourth-order valence-corrected chi connectivity index (χ4v) is 4.20. The number of hydrazine groups is 2. The van der Waals surface area contributed by atoms with Crippen LogP contribution >= 0.6 is 0 Å². The molecule has 10 nitrogen and oxygen atoms in total. The summed E-state index contributed by atoms with van der Waals surface area (Å²) in [5.74, 6) is 6.75. The number of ketones is 2. The number of hydrogen-bond acceptors (Lipinski definition) is 8. The van der Waals surface area contributed by atoms with Crippen molar-refractivity contribution in [1.29, 1.82) is 0 Å². The van der Waals surface area contributed by atoms with Gasteiger partial charge in [0.1, 0.15) is 11.5 Å². The third kappa shape index (κ3) is 6.89. The van der Waals surface area contributed by atoms with Crippen LogP contribution in [0.2, 0.25) is 0 Å². The predicted octanol–water partition coefficient (Wildman–Crippen LogP) is 2.64. The van der Waals surface area contributed by atoms with Crippen molar-refractivity contribution in [3.63, 3.8) is 0 Å². The average molecular weight is 499 g/mol. The van der Waals surface area contributed by atoms with Crippen LogP contribution < -0.4 is 22.5 Å². The second-order valence-corrected chi connectivity index (χ2v) is 8.61. The van der Waals surface area contributed by atoms with E-state index in [4.69, 9.17) is 11.7 Å². The molecule has 0 bridgehead atoms. The van der Waals surface area contributed by atoms with Crippen LogP contribution in [-0.2, 0) is 9.59 Å². The van der Waals surface area contributed by atoms with Gasteiger partial charge in [0.05, 0.1) is 11.1 Å². The zero-order chi connectivity index (χ0) is 26.6. The highest BCUT2D eigenvalue weighted by atomic mass is 16.3. The summed E-state index contributed by atoms with van der Waals surface area (Å²) in [7, 11) is 0. The molecule has 0 aromatic heterocycles. The largest absolute Gasteiger partial charge is 0.507 e. The van der Waals surface area contributed by atoms with Crippen LogP contribution in [0.1, 0.15) is 78.5 Å². The van der Waals surface area contributed by atoms with Crippen LogP contribution in [0.3, 0.4) is 0 Å². The standard InChI is InChI=1S/C26H34N4O6/c27-29-22(33)16-6-4-2-1-3-5-11-17-26(25(36)30-28,23(34)18-12-7-9-14-20(18)31)24(35)19-13-8-10-15-21(19)32/h7-10,12-15,31-32H,1-6,11,16-17,27-28H2,(H,29,33)(H,30,36). The van der Waals surface area contributed by atoms with Gasteiger partial charge in [-0.15, -0.1) is 0 Å². The minimum Gasteiger partial charge on any atom is -0.507 e. The number of carbonyl (C=O) groups is 4. The zero-order valence-corrected chi connectivity index (χ0v) is 20.2. The number of benzene rings is 2. The number of amides is 2. The van der Waals surface area contributed by atoms with Crippen molar-refractivity contribution >= 4 is 23.4 Å². The van der Waals surface area contributed by atoms with E-state index >= 15 is 0 Å². The van der Waals surface area contributed by atoms with Crippen LogP contribution in [-0.4, -0.2) is 33.6 Å². The van der Waals surface area contributed by atoms with Gasteiger partial charge in [-0.25, -0.2) is 11.7 Å². The molecule has 0 fully saturated rings. The quantitative estimate of drug-likeness (QED) is 0.0540. The third-order valence-corrected chi connectivity index (χ3v) is 6.21. The summed E-state index contributed by atoms with van der Waals surface area (Å²) in [6.45, 7) is 0. The van der Waals surface area contributed by atoms with Gasteiger partial charge in [0.2, 0.25) is 5.91 Å². The van der Waals surface area contributed by atoms with Gasteiger partial charge in [0.25, 0.3) is 5.91 Å². The second kappa shape index (κ2) is 14.0. The molecule has 194 valence electrons. The van der Waals surface area contributed by atoms with Gasteiger partial charge in [-0.05, 0) is 37.1 Å². The summed E-state index contributed by atoms with van der Waals surface area (Å²) in [6, 6.07) is 11.3. The Morgan fingerprint density at radius 3 is 1.56 bits per heavy atom. The lowest BCUT2D eigenvalue weighted by Crippen LogP contribution is -2.54. The Balaban J connectivity index is 2.22. The number of aromatic hydroxyl groups is 2. The molecule has 0 aliphatic heterocycles. The molecule has 36 heavy (non-hydrogen) atoms. The summed E-state index contributed by atoms with van der Waals surface area (Å²) in [5.41, 5.74) is 1.39. The zero-order valence-electron chi connectivity index (χ0n) is 20.2. The van der Waals surface area contributed by atoms with E-state index in [1.54, 1.807) is 0 Å². The fraction of sp³-hybridized carbons (Fsp3) is 0.385. The summed E-state index contributed by atoms with van der Waals surface area (Å²) in [4.78, 5) is 51.7. The Kier molecular flexibility index (Phi) is 11.0. The van der Waals surface area contributed by atoms with E-state index < -0.39 is 22.9 Å². The lowest BCUT2D eigenvalue weighted by atomic mass is 9.70. The molecule has 0 saturated heterocycles. The molecule has 0 heterocycles. The van der Waals surface area contributed by atoms with Crippen molar-refractivity contribution in [3.05, 3.63) is 59.7 Å². The van der Waals surface area contributed by atoms with Gasteiger partial charge in [0, 0.05) is 6.42 Å². The molecular weight excluding hydrogens is 464 g/mol. The molecule has 0 saturated carbocycles. The van der Waals surface area contributed by atoms with E-state index in [1.807, 2.05) is 5.43 Å². The number of unbranched alkanes of at least 4 members (excludes halogenated alkanes) is 6. The van der Waals surface area contributed by atoms with E-state index in [0.29, 0.717) is 19.3 Å². The van der Waals surface area contributed by atoms with E-state index in [0.717, 1.165) is 32.1 Å². The first-order valence-electron chi connectivity index (χ1n) is 12.0. The second-order valence-electron chi connectivity index (χ2n) is 8.61. The van der Waals surface area contributed by atoms with Gasteiger partial charge >= 0.3 is 0 Å². The normalized spacial score (nSPS) is 11.1. The lowest BCUT2D eigenvalue weighted by molar-refractivity contribution is -0.127. The van der Waals surface area contributed by atoms with Gasteiger partial charge in [-0.2, -0.15) is 0 Å². The highest BCUT2D eigenvalue weighted by molar-refractivity contribution is 6.32. The maximum absolute atomic E-state index is 13.7. The van der Waals surface area contributed by atoms with Crippen LogP contribution in [0, 0.1) is 5.41 Å². The molecule has 2 aromatic carbocycles. The minimum atomic E-state index is -2.28. The van der Waals surface area contributed by atoms with Crippen molar-refractivity contribution in [2.75, 3.05) is 0 Å². The molecule has 0 aliphatic carbocycles. The van der Waals surface area contributed by atoms with Gasteiger partial charge in [-0.3, -0.25) is 30.0 Å². The summed E-state index contributed by atoms with van der Waals surface area (Å²) >= 11 is 0. The first-order chi connectivity index (χ1) is 17.3. The minimum absolute atomic E-state index is 0.160. The predicted molar refractivity (Wildman–Crippen MR) is 134 cm³/mol. The molecule has 2 rings (SSSR count). The van der Waals surface area contributed by atoms with Crippen molar-refractivity contribution in [2.24, 2.45) is 17.1 Å². The summed E-state index contributed by atoms with van der Waals surface area (Å²) in [5, 5.41) is 20.6. The molecule has 10 heteroatoms. The van der Waals surface area contributed by atoms with E-state index in [-0.39, 0.29) is 35.0 Å². The van der Waals surface area contributed by atoms with E-state index in [9.17, 15) is 29.4 Å². The fourth-order valence-electron chi connectivity index (χ4n) is 4.20. The maximum Gasteiger partial charge on any atom is 0.255 e. The number of para-hydroxylation sites is 2. The maximum atomic E-state index is 13.7. The molecule has 0 atom stereocenters. The number of carbonyl (C=O) groups excluding carboxylic acids is 4. The molecule has 0 aliphatic rings. The number of phenolic OH excluding ortho intramolecular Hbond substituents is 2. The molecule has 0 radical (unpaired) electrons. The Morgan fingerprint density at radius 1 is 0.667 bits per heavy atom.